The number of rotatable bonds is 4. The van der Waals surface area contributed by atoms with Gasteiger partial charge in [0.25, 0.3) is 11.8 Å². The molecule has 0 atom stereocenters. The van der Waals surface area contributed by atoms with Crippen LogP contribution in [-0.2, 0) is 6.54 Å². The predicted molar refractivity (Wildman–Crippen MR) is 114 cm³/mol. The Hall–Kier alpha value is -3.62. The molecule has 2 aromatic heterocycles. The van der Waals surface area contributed by atoms with Crippen molar-refractivity contribution in [2.45, 2.75) is 39.3 Å². The van der Waals surface area contributed by atoms with Gasteiger partial charge in [-0.25, -0.2) is 0 Å². The molecule has 0 bridgehead atoms. The monoisotopic (exact) mass is 424 g/mol. The SMILES string of the molecule is CCn1c(=O)c(=O)[nH]c2cc(C(=O)N3CCC(NC(=O)c4occc4C)CC3)ccc21. The molecule has 2 amide bonds. The fraction of sp³-hybridized carbons (Fsp3) is 0.364. The molecule has 9 nitrogen and oxygen atoms in total. The molecule has 1 aliphatic heterocycles. The van der Waals surface area contributed by atoms with E-state index >= 15 is 0 Å². The summed E-state index contributed by atoms with van der Waals surface area (Å²) in [6.45, 7) is 4.98. The van der Waals surface area contributed by atoms with Gasteiger partial charge in [0.2, 0.25) is 0 Å². The molecule has 9 heteroatoms. The highest BCUT2D eigenvalue weighted by Gasteiger charge is 2.26. The third kappa shape index (κ3) is 3.90. The van der Waals surface area contributed by atoms with Crippen LogP contribution < -0.4 is 16.4 Å². The van der Waals surface area contributed by atoms with Gasteiger partial charge in [-0.05, 0) is 51.0 Å². The zero-order valence-electron chi connectivity index (χ0n) is 17.4. The minimum absolute atomic E-state index is 0.0343. The third-order valence-electron chi connectivity index (χ3n) is 5.72. The topological polar surface area (TPSA) is 117 Å². The molecule has 1 saturated heterocycles. The highest BCUT2D eigenvalue weighted by atomic mass is 16.3. The number of aryl methyl sites for hydroxylation is 2. The van der Waals surface area contributed by atoms with E-state index in [0.29, 0.717) is 54.8 Å². The van der Waals surface area contributed by atoms with E-state index in [1.54, 1.807) is 36.1 Å². The normalized spacial score (nSPS) is 14.7. The summed E-state index contributed by atoms with van der Waals surface area (Å²) >= 11 is 0. The van der Waals surface area contributed by atoms with Crippen LogP contribution in [0.15, 0.2) is 44.5 Å². The summed E-state index contributed by atoms with van der Waals surface area (Å²) in [5.41, 5.74) is 0.947. The second-order valence-corrected chi connectivity index (χ2v) is 7.71. The summed E-state index contributed by atoms with van der Waals surface area (Å²) in [4.78, 5) is 53.5. The first kappa shape index (κ1) is 20.6. The van der Waals surface area contributed by atoms with Crippen molar-refractivity contribution in [1.29, 1.82) is 0 Å². The first-order chi connectivity index (χ1) is 14.9. The van der Waals surface area contributed by atoms with Crippen LogP contribution in [0.1, 0.15) is 46.2 Å². The van der Waals surface area contributed by atoms with E-state index in [9.17, 15) is 19.2 Å². The van der Waals surface area contributed by atoms with Crippen molar-refractivity contribution in [3.05, 3.63) is 68.1 Å². The van der Waals surface area contributed by atoms with E-state index in [1.165, 1.54) is 10.8 Å². The molecule has 3 aromatic rings. The molecular weight excluding hydrogens is 400 g/mol. The van der Waals surface area contributed by atoms with Gasteiger partial charge in [-0.1, -0.05) is 0 Å². The molecular formula is C22H24N4O5. The lowest BCUT2D eigenvalue weighted by molar-refractivity contribution is 0.0695. The Morgan fingerprint density at radius 2 is 1.94 bits per heavy atom. The van der Waals surface area contributed by atoms with Crippen molar-refractivity contribution in [2.75, 3.05) is 13.1 Å². The molecule has 0 radical (unpaired) electrons. The Labute approximate surface area is 177 Å². The van der Waals surface area contributed by atoms with Crippen molar-refractivity contribution in [1.82, 2.24) is 19.8 Å². The first-order valence-corrected chi connectivity index (χ1v) is 10.3. The quantitative estimate of drug-likeness (QED) is 0.618. The summed E-state index contributed by atoms with van der Waals surface area (Å²) in [6.07, 6.45) is 2.76. The highest BCUT2D eigenvalue weighted by Crippen LogP contribution is 2.18. The van der Waals surface area contributed by atoms with E-state index in [-0.39, 0.29) is 17.9 Å². The lowest BCUT2D eigenvalue weighted by Crippen LogP contribution is -2.46. The molecule has 0 unspecified atom stereocenters. The number of amides is 2. The average molecular weight is 424 g/mol. The van der Waals surface area contributed by atoms with Crippen LogP contribution in [-0.4, -0.2) is 45.4 Å². The van der Waals surface area contributed by atoms with Gasteiger partial charge in [0, 0.05) is 36.8 Å². The van der Waals surface area contributed by atoms with Gasteiger partial charge in [0.15, 0.2) is 5.76 Å². The maximum atomic E-state index is 13.0. The molecule has 3 heterocycles. The van der Waals surface area contributed by atoms with Crippen LogP contribution in [0.25, 0.3) is 11.0 Å². The molecule has 1 fully saturated rings. The molecule has 1 aliphatic rings. The number of likely N-dealkylation sites (tertiary alicyclic amines) is 1. The summed E-state index contributed by atoms with van der Waals surface area (Å²) in [5, 5.41) is 2.97. The number of hydrogen-bond donors (Lipinski definition) is 2. The Kier molecular flexibility index (Phi) is 5.50. The maximum Gasteiger partial charge on any atom is 0.316 e. The Balaban J connectivity index is 1.45. The summed E-state index contributed by atoms with van der Waals surface area (Å²) in [6, 6.07) is 6.67. The van der Waals surface area contributed by atoms with Gasteiger partial charge in [-0.2, -0.15) is 0 Å². The zero-order valence-corrected chi connectivity index (χ0v) is 17.4. The fourth-order valence-electron chi connectivity index (χ4n) is 3.99. The number of fused-ring (bicyclic) bond motifs is 1. The molecule has 2 N–H and O–H groups in total. The van der Waals surface area contributed by atoms with Gasteiger partial charge < -0.3 is 24.2 Å². The number of carbonyl (C=O) groups excluding carboxylic acids is 2. The molecule has 0 spiro atoms. The van der Waals surface area contributed by atoms with Crippen LogP contribution >= 0.6 is 0 Å². The number of carbonyl (C=O) groups is 2. The van der Waals surface area contributed by atoms with Gasteiger partial charge in [-0.3, -0.25) is 19.2 Å². The number of nitrogens with one attached hydrogen (secondary N) is 2. The van der Waals surface area contributed by atoms with Crippen LogP contribution in [0, 0.1) is 6.92 Å². The number of H-pyrrole nitrogens is 1. The lowest BCUT2D eigenvalue weighted by atomic mass is 10.0. The highest BCUT2D eigenvalue weighted by molar-refractivity contribution is 5.97. The largest absolute Gasteiger partial charge is 0.459 e. The second kappa shape index (κ2) is 8.25. The zero-order chi connectivity index (χ0) is 22.1. The van der Waals surface area contributed by atoms with E-state index in [4.69, 9.17) is 4.42 Å². The van der Waals surface area contributed by atoms with E-state index in [1.807, 2.05) is 6.92 Å². The number of hydrogen-bond acceptors (Lipinski definition) is 5. The Bertz CT molecular complexity index is 1260. The first-order valence-electron chi connectivity index (χ1n) is 10.3. The Morgan fingerprint density at radius 3 is 2.58 bits per heavy atom. The number of piperidine rings is 1. The van der Waals surface area contributed by atoms with Gasteiger partial charge in [0.05, 0.1) is 17.3 Å². The van der Waals surface area contributed by atoms with Crippen molar-refractivity contribution < 1.29 is 14.0 Å². The lowest BCUT2D eigenvalue weighted by Gasteiger charge is -2.32. The minimum atomic E-state index is -0.706. The fourth-order valence-corrected chi connectivity index (χ4v) is 3.99. The summed E-state index contributed by atoms with van der Waals surface area (Å²) in [5.74, 6) is -0.0781. The van der Waals surface area contributed by atoms with Crippen LogP contribution in [0.2, 0.25) is 0 Å². The van der Waals surface area contributed by atoms with Crippen LogP contribution in [0.5, 0.6) is 0 Å². The van der Waals surface area contributed by atoms with Crippen molar-refractivity contribution in [3.63, 3.8) is 0 Å². The molecule has 0 aliphatic carbocycles. The van der Waals surface area contributed by atoms with Crippen molar-refractivity contribution in [3.8, 4) is 0 Å². The standard InChI is InChI=1S/C22H24N4O5/c1-3-26-17-5-4-14(12-16(17)24-20(28)22(26)30)21(29)25-9-6-15(7-10-25)23-19(27)18-13(2)8-11-31-18/h4-5,8,11-12,15H,3,6-7,9-10H2,1-2H3,(H,23,27)(H,24,28). The molecule has 4 rings (SSSR count). The van der Waals surface area contributed by atoms with Gasteiger partial charge >= 0.3 is 11.1 Å². The maximum absolute atomic E-state index is 13.0. The summed E-state index contributed by atoms with van der Waals surface area (Å²) < 4.78 is 6.62. The minimum Gasteiger partial charge on any atom is -0.459 e. The summed E-state index contributed by atoms with van der Waals surface area (Å²) in [7, 11) is 0. The molecule has 162 valence electrons. The third-order valence-corrected chi connectivity index (χ3v) is 5.72. The van der Waals surface area contributed by atoms with Crippen LogP contribution in [0.4, 0.5) is 0 Å². The molecule has 1 aromatic carbocycles. The molecule has 0 saturated carbocycles. The number of benzene rings is 1. The number of furan rings is 1. The van der Waals surface area contributed by atoms with Gasteiger partial charge in [-0.15, -0.1) is 0 Å². The number of aromatic amines is 1. The van der Waals surface area contributed by atoms with E-state index in [0.717, 1.165) is 5.56 Å². The van der Waals surface area contributed by atoms with Gasteiger partial charge in [0.1, 0.15) is 0 Å². The predicted octanol–water partition coefficient (Wildman–Crippen LogP) is 1.65. The Morgan fingerprint density at radius 1 is 1.19 bits per heavy atom. The van der Waals surface area contributed by atoms with Crippen molar-refractivity contribution in [2.24, 2.45) is 0 Å². The average Bonchev–Trinajstić information content (AvgIpc) is 3.20. The molecule has 31 heavy (non-hydrogen) atoms. The van der Waals surface area contributed by atoms with Crippen molar-refractivity contribution >= 4 is 22.8 Å². The second-order valence-electron chi connectivity index (χ2n) is 7.71. The van der Waals surface area contributed by atoms with Crippen LogP contribution in [0.3, 0.4) is 0 Å². The van der Waals surface area contributed by atoms with E-state index < -0.39 is 11.1 Å². The number of aromatic nitrogens is 2. The number of nitrogens with zero attached hydrogens (tertiary/aromatic N) is 2. The smallest absolute Gasteiger partial charge is 0.316 e. The van der Waals surface area contributed by atoms with E-state index in [2.05, 4.69) is 10.3 Å².